The maximum atomic E-state index is 12.5. The monoisotopic (exact) mass is 326 g/mol. The SMILES string of the molecule is CCNS(=O)(=O)c1ccc(C(=O)N2CC(C)OC(C)C2)cc1. The van der Waals surface area contributed by atoms with Crippen molar-refractivity contribution in [2.75, 3.05) is 19.6 Å². The van der Waals surface area contributed by atoms with Crippen LogP contribution in [0, 0.1) is 0 Å². The first-order valence-corrected chi connectivity index (χ1v) is 8.86. The first-order chi connectivity index (χ1) is 10.3. The zero-order valence-corrected chi connectivity index (χ0v) is 13.9. The van der Waals surface area contributed by atoms with Crippen molar-refractivity contribution in [2.45, 2.75) is 37.9 Å². The van der Waals surface area contributed by atoms with Gasteiger partial charge in [-0.05, 0) is 38.1 Å². The van der Waals surface area contributed by atoms with Crippen molar-refractivity contribution in [3.63, 3.8) is 0 Å². The van der Waals surface area contributed by atoms with Crippen molar-refractivity contribution in [2.24, 2.45) is 0 Å². The van der Waals surface area contributed by atoms with E-state index in [-0.39, 0.29) is 23.0 Å². The molecule has 1 amide bonds. The first-order valence-electron chi connectivity index (χ1n) is 7.38. The van der Waals surface area contributed by atoms with Crippen LogP contribution in [0.1, 0.15) is 31.1 Å². The lowest BCUT2D eigenvalue weighted by atomic mass is 10.1. The Balaban J connectivity index is 2.15. The van der Waals surface area contributed by atoms with Gasteiger partial charge >= 0.3 is 0 Å². The molecule has 2 unspecified atom stereocenters. The molecule has 1 saturated heterocycles. The van der Waals surface area contributed by atoms with Gasteiger partial charge in [0.2, 0.25) is 10.0 Å². The van der Waals surface area contributed by atoms with Crippen LogP contribution in [-0.4, -0.2) is 51.1 Å². The number of carbonyl (C=O) groups excluding carboxylic acids is 1. The van der Waals surface area contributed by atoms with Crippen LogP contribution in [0.15, 0.2) is 29.2 Å². The smallest absolute Gasteiger partial charge is 0.254 e. The molecule has 0 aliphatic carbocycles. The van der Waals surface area contributed by atoms with E-state index in [1.165, 1.54) is 12.1 Å². The van der Waals surface area contributed by atoms with Gasteiger partial charge in [-0.1, -0.05) is 6.92 Å². The van der Waals surface area contributed by atoms with E-state index < -0.39 is 10.0 Å². The number of rotatable bonds is 4. The third-order valence-electron chi connectivity index (χ3n) is 3.45. The number of amides is 1. The fourth-order valence-electron chi connectivity index (χ4n) is 2.58. The van der Waals surface area contributed by atoms with Gasteiger partial charge in [-0.3, -0.25) is 4.79 Å². The zero-order valence-electron chi connectivity index (χ0n) is 13.1. The van der Waals surface area contributed by atoms with E-state index in [0.29, 0.717) is 25.2 Å². The number of hydrogen-bond acceptors (Lipinski definition) is 4. The van der Waals surface area contributed by atoms with E-state index in [1.807, 2.05) is 13.8 Å². The molecule has 22 heavy (non-hydrogen) atoms. The first kappa shape index (κ1) is 16.9. The van der Waals surface area contributed by atoms with Crippen molar-refractivity contribution in [3.8, 4) is 0 Å². The topological polar surface area (TPSA) is 75.7 Å². The Labute approximate surface area is 131 Å². The number of morpholine rings is 1. The van der Waals surface area contributed by atoms with Crippen LogP contribution < -0.4 is 4.72 Å². The second-order valence-electron chi connectivity index (χ2n) is 5.49. The van der Waals surface area contributed by atoms with Gasteiger partial charge < -0.3 is 9.64 Å². The second-order valence-corrected chi connectivity index (χ2v) is 7.26. The van der Waals surface area contributed by atoms with Gasteiger partial charge in [-0.25, -0.2) is 13.1 Å². The molecule has 7 heteroatoms. The molecule has 0 spiro atoms. The van der Waals surface area contributed by atoms with Crippen LogP contribution in [0.5, 0.6) is 0 Å². The normalized spacial score (nSPS) is 22.6. The van der Waals surface area contributed by atoms with E-state index in [2.05, 4.69) is 4.72 Å². The third-order valence-corrected chi connectivity index (χ3v) is 5.01. The van der Waals surface area contributed by atoms with Crippen LogP contribution in [0.25, 0.3) is 0 Å². The number of nitrogens with zero attached hydrogens (tertiary/aromatic N) is 1. The van der Waals surface area contributed by atoms with Crippen LogP contribution in [0.2, 0.25) is 0 Å². The third kappa shape index (κ3) is 3.85. The highest BCUT2D eigenvalue weighted by atomic mass is 32.2. The van der Waals surface area contributed by atoms with Crippen LogP contribution in [-0.2, 0) is 14.8 Å². The minimum atomic E-state index is -3.49. The molecule has 0 bridgehead atoms. The number of nitrogens with one attached hydrogen (secondary N) is 1. The molecular weight excluding hydrogens is 304 g/mol. The van der Waals surface area contributed by atoms with E-state index in [0.717, 1.165) is 0 Å². The lowest BCUT2D eigenvalue weighted by molar-refractivity contribution is -0.0586. The number of hydrogen-bond donors (Lipinski definition) is 1. The fraction of sp³-hybridized carbons (Fsp3) is 0.533. The predicted molar refractivity (Wildman–Crippen MR) is 83.2 cm³/mol. The van der Waals surface area contributed by atoms with Crippen molar-refractivity contribution >= 4 is 15.9 Å². The van der Waals surface area contributed by atoms with Gasteiger partial charge in [0.1, 0.15) is 0 Å². The van der Waals surface area contributed by atoms with E-state index >= 15 is 0 Å². The van der Waals surface area contributed by atoms with Crippen molar-refractivity contribution < 1.29 is 17.9 Å². The molecule has 1 aromatic carbocycles. The summed E-state index contributed by atoms with van der Waals surface area (Å²) < 4.78 is 31.8. The molecule has 0 saturated carbocycles. The Morgan fingerprint density at radius 1 is 1.23 bits per heavy atom. The summed E-state index contributed by atoms with van der Waals surface area (Å²) in [5.41, 5.74) is 0.483. The molecule has 0 radical (unpaired) electrons. The largest absolute Gasteiger partial charge is 0.372 e. The molecule has 1 heterocycles. The second kappa shape index (κ2) is 6.76. The number of ether oxygens (including phenoxy) is 1. The molecule has 1 aliphatic heterocycles. The van der Waals surface area contributed by atoms with Crippen molar-refractivity contribution in [3.05, 3.63) is 29.8 Å². The van der Waals surface area contributed by atoms with Gasteiger partial charge in [-0.15, -0.1) is 0 Å². The maximum Gasteiger partial charge on any atom is 0.254 e. The van der Waals surface area contributed by atoms with Crippen molar-refractivity contribution in [1.82, 2.24) is 9.62 Å². The summed E-state index contributed by atoms with van der Waals surface area (Å²) in [6.45, 7) is 6.99. The Morgan fingerprint density at radius 2 is 1.77 bits per heavy atom. The van der Waals surface area contributed by atoms with Gasteiger partial charge in [0.05, 0.1) is 17.1 Å². The van der Waals surface area contributed by atoms with Crippen LogP contribution >= 0.6 is 0 Å². The van der Waals surface area contributed by atoms with E-state index in [1.54, 1.807) is 24.0 Å². The van der Waals surface area contributed by atoms with Gasteiger partial charge in [-0.2, -0.15) is 0 Å². The lowest BCUT2D eigenvalue weighted by Gasteiger charge is -2.35. The highest BCUT2D eigenvalue weighted by Gasteiger charge is 2.26. The Morgan fingerprint density at radius 3 is 2.27 bits per heavy atom. The Kier molecular flexibility index (Phi) is 5.20. The average Bonchev–Trinajstić information content (AvgIpc) is 2.45. The molecule has 1 aliphatic rings. The Bertz CT molecular complexity index is 617. The summed E-state index contributed by atoms with van der Waals surface area (Å²) in [6, 6.07) is 6.02. The highest BCUT2D eigenvalue weighted by molar-refractivity contribution is 7.89. The Hall–Kier alpha value is -1.44. The fourth-order valence-corrected chi connectivity index (χ4v) is 3.62. The average molecular weight is 326 g/mol. The molecule has 0 aromatic heterocycles. The standard InChI is InChI=1S/C15H22N2O4S/c1-4-16-22(19,20)14-7-5-13(6-8-14)15(18)17-9-11(2)21-12(3)10-17/h5-8,11-12,16H,4,9-10H2,1-3H3. The van der Waals surface area contributed by atoms with Gasteiger partial charge in [0, 0.05) is 25.2 Å². The number of sulfonamides is 1. The summed E-state index contributed by atoms with van der Waals surface area (Å²) in [4.78, 5) is 14.4. The predicted octanol–water partition coefficient (Wildman–Crippen LogP) is 1.23. The molecule has 1 aromatic rings. The molecule has 2 rings (SSSR count). The molecule has 122 valence electrons. The summed E-state index contributed by atoms with van der Waals surface area (Å²) in [5, 5.41) is 0. The maximum absolute atomic E-state index is 12.5. The molecular formula is C15H22N2O4S. The zero-order chi connectivity index (χ0) is 16.3. The van der Waals surface area contributed by atoms with Gasteiger partial charge in [0.15, 0.2) is 0 Å². The molecule has 2 atom stereocenters. The lowest BCUT2D eigenvalue weighted by Crippen LogP contribution is -2.48. The summed E-state index contributed by atoms with van der Waals surface area (Å²) in [7, 11) is -3.49. The minimum Gasteiger partial charge on any atom is -0.372 e. The van der Waals surface area contributed by atoms with E-state index in [9.17, 15) is 13.2 Å². The molecule has 1 fully saturated rings. The quantitative estimate of drug-likeness (QED) is 0.903. The number of carbonyl (C=O) groups is 1. The van der Waals surface area contributed by atoms with Crippen molar-refractivity contribution in [1.29, 1.82) is 0 Å². The number of benzene rings is 1. The summed E-state index contributed by atoms with van der Waals surface area (Å²) >= 11 is 0. The van der Waals surface area contributed by atoms with Gasteiger partial charge in [0.25, 0.3) is 5.91 Å². The molecule has 6 nitrogen and oxygen atoms in total. The summed E-state index contributed by atoms with van der Waals surface area (Å²) in [6.07, 6.45) is 0.00205. The van der Waals surface area contributed by atoms with Crippen LogP contribution in [0.3, 0.4) is 0 Å². The van der Waals surface area contributed by atoms with E-state index in [4.69, 9.17) is 4.74 Å². The molecule has 1 N–H and O–H groups in total. The summed E-state index contributed by atoms with van der Waals surface area (Å²) in [5.74, 6) is -0.102. The minimum absolute atomic E-state index is 0.00102. The highest BCUT2D eigenvalue weighted by Crippen LogP contribution is 2.16. The van der Waals surface area contributed by atoms with Crippen LogP contribution in [0.4, 0.5) is 0 Å².